The van der Waals surface area contributed by atoms with Gasteiger partial charge in [-0.3, -0.25) is 9.97 Å². The van der Waals surface area contributed by atoms with Crippen LogP contribution < -0.4 is 10.6 Å². The third kappa shape index (κ3) is 3.01. The van der Waals surface area contributed by atoms with Crippen LogP contribution in [0.4, 0.5) is 5.69 Å². The topological polar surface area (TPSA) is 75.6 Å². The number of hydrogen-bond acceptors (Lipinski definition) is 5. The molecule has 0 aliphatic rings. The normalized spacial score (nSPS) is 11.2. The van der Waals surface area contributed by atoms with E-state index in [2.05, 4.69) is 27.2 Å². The first-order valence-electron chi connectivity index (χ1n) is 9.13. The Bertz CT molecular complexity index is 1430. The summed E-state index contributed by atoms with van der Waals surface area (Å²) < 4.78 is 0. The Morgan fingerprint density at radius 2 is 1.55 bits per heavy atom. The van der Waals surface area contributed by atoms with Gasteiger partial charge in [-0.25, -0.2) is 9.97 Å². The van der Waals surface area contributed by atoms with E-state index in [1.54, 1.807) is 18.5 Å². The van der Waals surface area contributed by atoms with E-state index >= 15 is 0 Å². The SMILES string of the molecule is C=CCNC(=S)Nc1ccc2nc3c4ncccc4c4cccnc4c3nc2c1. The summed E-state index contributed by atoms with van der Waals surface area (Å²) in [7, 11) is 0. The molecule has 0 radical (unpaired) electrons. The molecule has 0 saturated carbocycles. The van der Waals surface area contributed by atoms with Gasteiger partial charge in [0.05, 0.1) is 22.1 Å². The Kier molecular flexibility index (Phi) is 4.22. The van der Waals surface area contributed by atoms with Crippen LogP contribution in [0.15, 0.2) is 67.5 Å². The Labute approximate surface area is 171 Å². The van der Waals surface area contributed by atoms with Crippen molar-refractivity contribution in [3.63, 3.8) is 0 Å². The van der Waals surface area contributed by atoms with Crippen LogP contribution in [-0.4, -0.2) is 31.6 Å². The predicted molar refractivity (Wildman–Crippen MR) is 122 cm³/mol. The van der Waals surface area contributed by atoms with Gasteiger partial charge in [-0.05, 0) is 42.5 Å². The highest BCUT2D eigenvalue weighted by Gasteiger charge is 2.14. The molecule has 0 fully saturated rings. The number of anilines is 1. The molecule has 2 N–H and O–H groups in total. The molecule has 5 aromatic rings. The second kappa shape index (κ2) is 7.03. The summed E-state index contributed by atoms with van der Waals surface area (Å²) in [5, 5.41) is 8.78. The van der Waals surface area contributed by atoms with E-state index in [1.165, 1.54) is 0 Å². The molecule has 6 nitrogen and oxygen atoms in total. The summed E-state index contributed by atoms with van der Waals surface area (Å²) in [5.41, 5.74) is 5.52. The van der Waals surface area contributed by atoms with E-state index < -0.39 is 0 Å². The number of nitrogens with zero attached hydrogens (tertiary/aromatic N) is 4. The second-order valence-electron chi connectivity index (χ2n) is 6.55. The lowest BCUT2D eigenvalue weighted by Crippen LogP contribution is -2.28. The number of nitrogens with one attached hydrogen (secondary N) is 2. The smallest absolute Gasteiger partial charge is 0.171 e. The van der Waals surface area contributed by atoms with Gasteiger partial charge in [-0.15, -0.1) is 6.58 Å². The van der Waals surface area contributed by atoms with Crippen molar-refractivity contribution in [1.29, 1.82) is 0 Å². The average Bonchev–Trinajstić information content (AvgIpc) is 2.77. The van der Waals surface area contributed by atoms with E-state index in [0.717, 1.165) is 49.6 Å². The lowest BCUT2D eigenvalue weighted by atomic mass is 10.1. The van der Waals surface area contributed by atoms with Gasteiger partial charge in [0.2, 0.25) is 0 Å². The van der Waals surface area contributed by atoms with Gasteiger partial charge in [0.25, 0.3) is 0 Å². The maximum atomic E-state index is 5.29. The molecule has 0 aliphatic heterocycles. The van der Waals surface area contributed by atoms with Crippen LogP contribution in [0.5, 0.6) is 0 Å². The zero-order valence-electron chi connectivity index (χ0n) is 15.4. The Hall–Kier alpha value is -3.71. The second-order valence-corrected chi connectivity index (χ2v) is 6.96. The van der Waals surface area contributed by atoms with Crippen molar-refractivity contribution >= 4 is 66.9 Å². The van der Waals surface area contributed by atoms with Crippen molar-refractivity contribution in [3.8, 4) is 0 Å². The molecule has 29 heavy (non-hydrogen) atoms. The van der Waals surface area contributed by atoms with E-state index in [9.17, 15) is 0 Å². The van der Waals surface area contributed by atoms with Crippen LogP contribution in [-0.2, 0) is 0 Å². The molecule has 2 aromatic carbocycles. The van der Waals surface area contributed by atoms with E-state index in [0.29, 0.717) is 11.7 Å². The van der Waals surface area contributed by atoms with E-state index in [-0.39, 0.29) is 0 Å². The van der Waals surface area contributed by atoms with Crippen LogP contribution in [0, 0.1) is 0 Å². The third-order valence-electron chi connectivity index (χ3n) is 4.68. The molecule has 7 heteroatoms. The molecule has 0 spiro atoms. The third-order valence-corrected chi connectivity index (χ3v) is 4.93. The van der Waals surface area contributed by atoms with Crippen LogP contribution in [0.2, 0.25) is 0 Å². The average molecular weight is 396 g/mol. The van der Waals surface area contributed by atoms with Gasteiger partial charge in [0.1, 0.15) is 11.0 Å². The quantitative estimate of drug-likeness (QED) is 0.203. The van der Waals surface area contributed by atoms with Crippen molar-refractivity contribution < 1.29 is 0 Å². The number of pyridine rings is 2. The van der Waals surface area contributed by atoms with Crippen LogP contribution in [0.3, 0.4) is 0 Å². The standard InChI is InChI=1S/C22H16N6S/c1-2-9-25-22(29)26-13-7-8-16-17(12-13)28-21-19-15(6-4-11-24-19)14-5-3-10-23-18(14)20(21)27-16/h2-8,10-12H,1,9H2,(H2,25,26,29). The highest BCUT2D eigenvalue weighted by atomic mass is 32.1. The van der Waals surface area contributed by atoms with Gasteiger partial charge >= 0.3 is 0 Å². The Morgan fingerprint density at radius 3 is 2.21 bits per heavy atom. The van der Waals surface area contributed by atoms with Crippen LogP contribution in [0.25, 0.3) is 43.9 Å². The first kappa shape index (κ1) is 17.4. The molecular formula is C22H16N6S. The minimum Gasteiger partial charge on any atom is -0.359 e. The maximum absolute atomic E-state index is 5.29. The largest absolute Gasteiger partial charge is 0.359 e. The fourth-order valence-corrected chi connectivity index (χ4v) is 3.63. The monoisotopic (exact) mass is 396 g/mol. The zero-order chi connectivity index (χ0) is 19.8. The molecule has 3 heterocycles. The van der Waals surface area contributed by atoms with Crippen molar-refractivity contribution in [3.05, 3.63) is 67.5 Å². The maximum Gasteiger partial charge on any atom is 0.171 e. The van der Waals surface area contributed by atoms with Gasteiger partial charge in [-0.2, -0.15) is 0 Å². The zero-order valence-corrected chi connectivity index (χ0v) is 16.2. The molecule has 0 atom stereocenters. The molecule has 0 aliphatic carbocycles. The van der Waals surface area contributed by atoms with Crippen molar-refractivity contribution in [2.45, 2.75) is 0 Å². The van der Waals surface area contributed by atoms with Crippen molar-refractivity contribution in [2.75, 3.05) is 11.9 Å². The molecule has 0 unspecified atom stereocenters. The number of rotatable bonds is 3. The van der Waals surface area contributed by atoms with Gasteiger partial charge in [0.15, 0.2) is 5.11 Å². The number of aromatic nitrogens is 4. The lowest BCUT2D eigenvalue weighted by molar-refractivity contribution is 1.06. The molecule has 3 aromatic heterocycles. The van der Waals surface area contributed by atoms with Crippen molar-refractivity contribution in [1.82, 2.24) is 25.3 Å². The molecule has 0 bridgehead atoms. The number of thiocarbonyl (C=S) groups is 1. The fourth-order valence-electron chi connectivity index (χ4n) is 3.43. The van der Waals surface area contributed by atoms with E-state index in [4.69, 9.17) is 22.2 Å². The molecule has 140 valence electrons. The highest BCUT2D eigenvalue weighted by Crippen LogP contribution is 2.32. The number of benzene rings is 2. The van der Waals surface area contributed by atoms with Crippen molar-refractivity contribution in [2.24, 2.45) is 0 Å². The summed E-state index contributed by atoms with van der Waals surface area (Å²) in [6.07, 6.45) is 5.31. The van der Waals surface area contributed by atoms with Gasteiger partial charge in [0, 0.05) is 35.4 Å². The van der Waals surface area contributed by atoms with Gasteiger partial charge < -0.3 is 10.6 Å². The van der Waals surface area contributed by atoms with E-state index in [1.807, 2.05) is 42.5 Å². The summed E-state index contributed by atoms with van der Waals surface area (Å²) >= 11 is 5.29. The highest BCUT2D eigenvalue weighted by molar-refractivity contribution is 7.80. The first-order valence-corrected chi connectivity index (χ1v) is 9.54. The molecule has 0 saturated heterocycles. The Balaban J connectivity index is 1.74. The fraction of sp³-hybridized carbons (Fsp3) is 0.0455. The molecule has 5 rings (SSSR count). The minimum absolute atomic E-state index is 0.528. The molecular weight excluding hydrogens is 380 g/mol. The van der Waals surface area contributed by atoms with Crippen LogP contribution in [0.1, 0.15) is 0 Å². The summed E-state index contributed by atoms with van der Waals surface area (Å²) in [5.74, 6) is 0. The summed E-state index contributed by atoms with van der Waals surface area (Å²) in [4.78, 5) is 18.9. The first-order chi connectivity index (χ1) is 14.2. The minimum atomic E-state index is 0.528. The summed E-state index contributed by atoms with van der Waals surface area (Å²) in [6.45, 7) is 4.28. The lowest BCUT2D eigenvalue weighted by Gasteiger charge is -2.11. The predicted octanol–water partition coefficient (Wildman–Crippen LogP) is 4.35. The number of fused-ring (bicyclic) bond motifs is 7. The molecule has 0 amide bonds. The summed E-state index contributed by atoms with van der Waals surface area (Å²) in [6, 6.07) is 13.7. The van der Waals surface area contributed by atoms with Crippen LogP contribution >= 0.6 is 12.2 Å². The Morgan fingerprint density at radius 1 is 0.897 bits per heavy atom. The van der Waals surface area contributed by atoms with Gasteiger partial charge in [-0.1, -0.05) is 18.2 Å². The number of hydrogen-bond donors (Lipinski definition) is 2.